The first-order valence-corrected chi connectivity index (χ1v) is 8.23. The molecule has 0 aliphatic carbocycles. The summed E-state index contributed by atoms with van der Waals surface area (Å²) in [6.07, 6.45) is 0.126. The molecule has 0 atom stereocenters. The third-order valence-electron chi connectivity index (χ3n) is 3.16. The largest absolute Gasteiger partial charge is 0.497 e. The number of amides is 2. The summed E-state index contributed by atoms with van der Waals surface area (Å²) >= 11 is 1.34. The number of benzene rings is 1. The molecule has 0 saturated heterocycles. The van der Waals surface area contributed by atoms with E-state index in [0.29, 0.717) is 17.1 Å². The minimum absolute atomic E-state index is 0.126. The molecule has 0 saturated carbocycles. The lowest BCUT2D eigenvalue weighted by Gasteiger charge is -2.06. The summed E-state index contributed by atoms with van der Waals surface area (Å²) in [5.74, 6) is 0.343. The topological polar surface area (TPSA) is 79.8 Å². The van der Waals surface area contributed by atoms with Gasteiger partial charge in [-0.25, -0.2) is 5.43 Å². The highest BCUT2D eigenvalue weighted by Crippen LogP contribution is 2.11. The lowest BCUT2D eigenvalue weighted by atomic mass is 10.2. The summed E-state index contributed by atoms with van der Waals surface area (Å²) in [7, 11) is 1.61. The van der Waals surface area contributed by atoms with E-state index in [2.05, 4.69) is 15.8 Å². The Labute approximate surface area is 144 Å². The second-order valence-corrected chi connectivity index (χ2v) is 6.01. The number of carbonyl (C=O) groups excluding carboxylic acids is 2. The number of ether oxygens (including phenoxy) is 1. The maximum atomic E-state index is 11.9. The van der Waals surface area contributed by atoms with Crippen LogP contribution in [-0.2, 0) is 11.3 Å². The summed E-state index contributed by atoms with van der Waals surface area (Å²) in [4.78, 5) is 24.2. The highest BCUT2D eigenvalue weighted by atomic mass is 32.1. The average molecular weight is 345 g/mol. The monoisotopic (exact) mass is 345 g/mol. The smallest absolute Gasteiger partial charge is 0.281 e. The van der Waals surface area contributed by atoms with Crippen molar-refractivity contribution in [2.75, 3.05) is 7.11 Å². The van der Waals surface area contributed by atoms with Crippen LogP contribution in [0.25, 0.3) is 0 Å². The number of hydrogen-bond acceptors (Lipinski definition) is 5. The molecule has 1 heterocycles. The van der Waals surface area contributed by atoms with Crippen molar-refractivity contribution < 1.29 is 14.3 Å². The van der Waals surface area contributed by atoms with Crippen LogP contribution >= 0.6 is 11.3 Å². The zero-order valence-corrected chi connectivity index (χ0v) is 14.4. The van der Waals surface area contributed by atoms with Gasteiger partial charge in [0.1, 0.15) is 5.75 Å². The summed E-state index contributed by atoms with van der Waals surface area (Å²) in [6.45, 7) is 2.12. The normalized spacial score (nSPS) is 11.0. The highest BCUT2D eigenvalue weighted by molar-refractivity contribution is 7.12. The first kappa shape index (κ1) is 17.7. The third kappa shape index (κ3) is 5.51. The number of nitrogens with zero attached hydrogens (tertiary/aromatic N) is 1. The van der Waals surface area contributed by atoms with E-state index in [1.807, 2.05) is 29.6 Å². The predicted octanol–water partition coefficient (Wildman–Crippen LogP) is 2.57. The molecule has 0 fully saturated rings. The maximum Gasteiger partial charge on any atom is 0.281 e. The Balaban J connectivity index is 1.76. The van der Waals surface area contributed by atoms with Crippen LogP contribution in [0, 0.1) is 0 Å². The SMILES string of the molecule is COc1ccc(CNC(=O)C/C(C)=N\NC(=O)c2cccs2)cc1. The molecule has 1 aromatic carbocycles. The van der Waals surface area contributed by atoms with Crippen LogP contribution in [0.5, 0.6) is 5.75 Å². The van der Waals surface area contributed by atoms with Gasteiger partial charge in [-0.2, -0.15) is 5.10 Å². The molecule has 24 heavy (non-hydrogen) atoms. The van der Waals surface area contributed by atoms with Crippen LogP contribution in [-0.4, -0.2) is 24.6 Å². The van der Waals surface area contributed by atoms with E-state index in [0.717, 1.165) is 11.3 Å². The van der Waals surface area contributed by atoms with Gasteiger partial charge in [0.25, 0.3) is 5.91 Å². The van der Waals surface area contributed by atoms with Gasteiger partial charge in [-0.05, 0) is 36.1 Å². The van der Waals surface area contributed by atoms with Crippen LogP contribution in [0.3, 0.4) is 0 Å². The molecule has 6 nitrogen and oxygen atoms in total. The molecule has 0 aliphatic rings. The van der Waals surface area contributed by atoms with Crippen LogP contribution in [0.15, 0.2) is 46.9 Å². The zero-order valence-electron chi connectivity index (χ0n) is 13.5. The Morgan fingerprint density at radius 1 is 1.21 bits per heavy atom. The molecular weight excluding hydrogens is 326 g/mol. The van der Waals surface area contributed by atoms with Gasteiger partial charge in [-0.1, -0.05) is 18.2 Å². The minimum Gasteiger partial charge on any atom is -0.497 e. The number of hydrazone groups is 1. The van der Waals surface area contributed by atoms with Crippen molar-refractivity contribution in [3.05, 3.63) is 52.2 Å². The van der Waals surface area contributed by atoms with Gasteiger partial charge in [0, 0.05) is 12.3 Å². The van der Waals surface area contributed by atoms with Crippen molar-refractivity contribution in [1.29, 1.82) is 0 Å². The van der Waals surface area contributed by atoms with Crippen LogP contribution in [0.4, 0.5) is 0 Å². The maximum absolute atomic E-state index is 11.9. The van der Waals surface area contributed by atoms with Crippen molar-refractivity contribution in [2.24, 2.45) is 5.10 Å². The fourth-order valence-corrected chi connectivity index (χ4v) is 2.50. The molecule has 0 aliphatic heterocycles. The van der Waals surface area contributed by atoms with Crippen molar-refractivity contribution in [3.8, 4) is 5.75 Å². The molecule has 2 rings (SSSR count). The van der Waals surface area contributed by atoms with Crippen LogP contribution < -0.4 is 15.5 Å². The third-order valence-corrected chi connectivity index (χ3v) is 4.03. The molecule has 1 aromatic heterocycles. The van der Waals surface area contributed by atoms with Gasteiger partial charge in [-0.15, -0.1) is 11.3 Å². The van der Waals surface area contributed by atoms with Gasteiger partial charge in [0.2, 0.25) is 5.91 Å². The fourth-order valence-electron chi connectivity index (χ4n) is 1.89. The number of thiophene rings is 1. The Morgan fingerprint density at radius 2 is 1.96 bits per heavy atom. The number of carbonyl (C=O) groups is 2. The summed E-state index contributed by atoms with van der Waals surface area (Å²) in [6, 6.07) is 11.0. The number of hydrogen-bond donors (Lipinski definition) is 2. The van der Waals surface area contributed by atoms with E-state index < -0.39 is 0 Å². The standard InChI is InChI=1S/C17H19N3O3S/c1-12(19-20-17(22)15-4-3-9-24-15)10-16(21)18-11-13-5-7-14(23-2)8-6-13/h3-9H,10-11H2,1-2H3,(H,18,21)(H,20,22)/b19-12-. The first-order chi connectivity index (χ1) is 11.6. The van der Waals surface area contributed by atoms with E-state index in [1.54, 1.807) is 26.2 Å². The van der Waals surface area contributed by atoms with E-state index in [9.17, 15) is 9.59 Å². The Kier molecular flexibility index (Phi) is 6.51. The first-order valence-electron chi connectivity index (χ1n) is 7.35. The molecule has 0 radical (unpaired) electrons. The van der Waals surface area contributed by atoms with E-state index in [4.69, 9.17) is 4.74 Å². The summed E-state index contributed by atoms with van der Waals surface area (Å²) in [5, 5.41) is 8.57. The van der Waals surface area contributed by atoms with Gasteiger partial charge in [0.15, 0.2) is 0 Å². The molecule has 0 spiro atoms. The molecule has 0 bridgehead atoms. The molecule has 2 N–H and O–H groups in total. The number of rotatable bonds is 7. The van der Waals surface area contributed by atoms with Gasteiger partial charge in [0.05, 0.1) is 18.4 Å². The minimum atomic E-state index is -0.275. The van der Waals surface area contributed by atoms with Crippen molar-refractivity contribution in [3.63, 3.8) is 0 Å². The van der Waals surface area contributed by atoms with Gasteiger partial charge < -0.3 is 10.1 Å². The van der Waals surface area contributed by atoms with Crippen molar-refractivity contribution >= 4 is 28.9 Å². The molecular formula is C17H19N3O3S. The van der Waals surface area contributed by atoms with Gasteiger partial charge in [-0.3, -0.25) is 9.59 Å². The van der Waals surface area contributed by atoms with E-state index >= 15 is 0 Å². The summed E-state index contributed by atoms with van der Waals surface area (Å²) in [5.41, 5.74) is 3.95. The highest BCUT2D eigenvalue weighted by Gasteiger charge is 2.07. The van der Waals surface area contributed by atoms with Crippen LogP contribution in [0.2, 0.25) is 0 Å². The van der Waals surface area contributed by atoms with Crippen molar-refractivity contribution in [2.45, 2.75) is 19.9 Å². The molecule has 7 heteroatoms. The second kappa shape index (κ2) is 8.83. The van der Waals surface area contributed by atoms with Crippen LogP contribution in [0.1, 0.15) is 28.6 Å². The molecule has 0 unspecified atom stereocenters. The van der Waals surface area contributed by atoms with E-state index in [1.165, 1.54) is 11.3 Å². The fraction of sp³-hybridized carbons (Fsp3) is 0.235. The Hall–Kier alpha value is -2.67. The van der Waals surface area contributed by atoms with E-state index in [-0.39, 0.29) is 18.2 Å². The molecule has 2 aromatic rings. The quantitative estimate of drug-likeness (QED) is 0.598. The zero-order chi connectivity index (χ0) is 17.4. The Morgan fingerprint density at radius 3 is 2.58 bits per heavy atom. The lowest BCUT2D eigenvalue weighted by molar-refractivity contribution is -0.120. The van der Waals surface area contributed by atoms with Gasteiger partial charge >= 0.3 is 0 Å². The number of methoxy groups -OCH3 is 1. The number of nitrogens with one attached hydrogen (secondary N) is 2. The molecule has 2 amide bonds. The predicted molar refractivity (Wildman–Crippen MR) is 94.4 cm³/mol. The summed E-state index contributed by atoms with van der Waals surface area (Å²) < 4.78 is 5.08. The molecule has 126 valence electrons. The lowest BCUT2D eigenvalue weighted by Crippen LogP contribution is -2.26. The second-order valence-electron chi connectivity index (χ2n) is 5.07. The average Bonchev–Trinajstić information content (AvgIpc) is 3.13. The van der Waals surface area contributed by atoms with Crippen molar-refractivity contribution in [1.82, 2.24) is 10.7 Å². The Bertz CT molecular complexity index is 709.